The average Bonchev–Trinajstić information content (AvgIpc) is 2.31. The van der Waals surface area contributed by atoms with Gasteiger partial charge in [0.25, 0.3) is 0 Å². The predicted octanol–water partition coefficient (Wildman–Crippen LogP) is 6.21. The molecule has 0 saturated heterocycles. The molecule has 0 aromatic rings. The smallest absolute Gasteiger partial charge is 0.0166 e. The molecular weight excluding hydrogens is 212 g/mol. The highest BCUT2D eigenvalue weighted by molar-refractivity contribution is 8.01. The van der Waals surface area contributed by atoms with Crippen molar-refractivity contribution in [2.24, 2.45) is 0 Å². The summed E-state index contributed by atoms with van der Waals surface area (Å²) in [6.45, 7) is 4.55. The Kier molecular flexibility index (Phi) is 15.7. The molecule has 0 rings (SSSR count). The van der Waals surface area contributed by atoms with E-state index in [-0.39, 0.29) is 0 Å². The van der Waals surface area contributed by atoms with Gasteiger partial charge in [0, 0.05) is 5.75 Å². The third-order valence-electron chi connectivity index (χ3n) is 2.91. The van der Waals surface area contributed by atoms with Gasteiger partial charge in [-0.15, -0.1) is 0 Å². The SMILES string of the molecule is CCCCCCCCC[CH]SCCCCC. The lowest BCUT2D eigenvalue weighted by Crippen LogP contribution is -1.82. The molecule has 0 aliphatic rings. The molecule has 1 radical (unpaired) electrons. The highest BCUT2D eigenvalue weighted by Crippen LogP contribution is 2.16. The maximum atomic E-state index is 2.43. The molecule has 0 amide bonds. The maximum Gasteiger partial charge on any atom is 0.0166 e. The van der Waals surface area contributed by atoms with Crippen molar-refractivity contribution in [3.63, 3.8) is 0 Å². The second kappa shape index (κ2) is 15.4. The fraction of sp³-hybridized carbons (Fsp3) is 0.933. The van der Waals surface area contributed by atoms with Crippen molar-refractivity contribution < 1.29 is 0 Å². The van der Waals surface area contributed by atoms with E-state index in [2.05, 4.69) is 19.6 Å². The molecule has 97 valence electrons. The Morgan fingerprint density at radius 1 is 0.688 bits per heavy atom. The van der Waals surface area contributed by atoms with Gasteiger partial charge in [-0.1, -0.05) is 71.6 Å². The van der Waals surface area contributed by atoms with Gasteiger partial charge in [0.2, 0.25) is 0 Å². The Hall–Kier alpha value is 0.350. The fourth-order valence-electron chi connectivity index (χ4n) is 1.79. The maximum absolute atomic E-state index is 2.43. The molecule has 1 heteroatoms. The van der Waals surface area contributed by atoms with Crippen LogP contribution in [-0.4, -0.2) is 5.75 Å². The van der Waals surface area contributed by atoms with E-state index >= 15 is 0 Å². The summed E-state index contributed by atoms with van der Waals surface area (Å²) in [5.74, 6) is 3.77. The number of unbranched alkanes of at least 4 members (excludes halogenated alkanes) is 9. The number of hydrogen-bond donors (Lipinski definition) is 0. The topological polar surface area (TPSA) is 0 Å². The Morgan fingerprint density at radius 2 is 1.25 bits per heavy atom. The lowest BCUT2D eigenvalue weighted by atomic mass is 10.1. The van der Waals surface area contributed by atoms with E-state index < -0.39 is 0 Å². The monoisotopic (exact) mass is 243 g/mol. The van der Waals surface area contributed by atoms with Crippen LogP contribution in [0.5, 0.6) is 0 Å². The van der Waals surface area contributed by atoms with E-state index in [1.165, 1.54) is 76.4 Å². The lowest BCUT2D eigenvalue weighted by molar-refractivity contribution is 0.591. The van der Waals surface area contributed by atoms with Crippen molar-refractivity contribution in [1.29, 1.82) is 0 Å². The molecule has 0 bridgehead atoms. The zero-order valence-electron chi connectivity index (χ0n) is 11.5. The van der Waals surface area contributed by atoms with Crippen molar-refractivity contribution in [3.05, 3.63) is 5.75 Å². The molecule has 0 N–H and O–H groups in total. The Morgan fingerprint density at radius 3 is 1.94 bits per heavy atom. The first-order valence-corrected chi connectivity index (χ1v) is 8.40. The first-order chi connectivity index (χ1) is 7.91. The van der Waals surface area contributed by atoms with E-state index in [1.54, 1.807) is 0 Å². The first-order valence-electron chi connectivity index (χ1n) is 7.35. The summed E-state index contributed by atoms with van der Waals surface area (Å²) in [5, 5.41) is 0. The van der Waals surface area contributed by atoms with Crippen molar-refractivity contribution in [2.45, 2.75) is 84.5 Å². The summed E-state index contributed by atoms with van der Waals surface area (Å²) in [5.41, 5.74) is 0. The standard InChI is InChI=1S/C15H31S/c1-3-5-7-8-9-10-11-13-15-16-14-12-6-4-2/h15H,3-14H2,1-2H3. The Bertz CT molecular complexity index is 98.0. The predicted molar refractivity (Wildman–Crippen MR) is 78.9 cm³/mol. The van der Waals surface area contributed by atoms with Gasteiger partial charge in [0.05, 0.1) is 0 Å². The van der Waals surface area contributed by atoms with Crippen LogP contribution in [0.4, 0.5) is 0 Å². The molecule has 0 fully saturated rings. The van der Waals surface area contributed by atoms with Gasteiger partial charge in [-0.05, 0) is 18.6 Å². The minimum Gasteiger partial charge on any atom is -0.157 e. The highest BCUT2D eigenvalue weighted by atomic mass is 32.2. The van der Waals surface area contributed by atoms with Gasteiger partial charge >= 0.3 is 0 Å². The number of hydrogen-bond acceptors (Lipinski definition) is 1. The van der Waals surface area contributed by atoms with E-state index in [1.807, 2.05) is 11.8 Å². The Balaban J connectivity index is 2.83. The summed E-state index contributed by atoms with van der Waals surface area (Å²) in [7, 11) is 0. The largest absolute Gasteiger partial charge is 0.157 e. The molecule has 0 aliphatic heterocycles. The molecule has 0 aromatic heterocycles. The van der Waals surface area contributed by atoms with Crippen LogP contribution in [0.1, 0.15) is 84.5 Å². The van der Waals surface area contributed by atoms with Gasteiger partial charge in [-0.25, -0.2) is 0 Å². The minimum atomic E-state index is 1.32. The third-order valence-corrected chi connectivity index (χ3v) is 3.90. The Labute approximate surface area is 108 Å². The van der Waals surface area contributed by atoms with E-state index in [4.69, 9.17) is 0 Å². The average molecular weight is 243 g/mol. The van der Waals surface area contributed by atoms with Gasteiger partial charge < -0.3 is 0 Å². The summed E-state index contributed by atoms with van der Waals surface area (Å²) in [4.78, 5) is 0. The van der Waals surface area contributed by atoms with Crippen LogP contribution in [0.15, 0.2) is 0 Å². The fourth-order valence-corrected chi connectivity index (χ4v) is 2.66. The van der Waals surface area contributed by atoms with Gasteiger partial charge in [-0.3, -0.25) is 0 Å². The van der Waals surface area contributed by atoms with Crippen LogP contribution in [0.25, 0.3) is 0 Å². The molecule has 0 atom stereocenters. The van der Waals surface area contributed by atoms with Gasteiger partial charge in [0.15, 0.2) is 0 Å². The molecule has 0 saturated carbocycles. The van der Waals surface area contributed by atoms with Crippen LogP contribution in [0, 0.1) is 5.75 Å². The molecule has 16 heavy (non-hydrogen) atoms. The zero-order chi connectivity index (χ0) is 11.9. The zero-order valence-corrected chi connectivity index (χ0v) is 12.3. The van der Waals surface area contributed by atoms with E-state index in [0.29, 0.717) is 0 Å². The third kappa shape index (κ3) is 14.4. The summed E-state index contributed by atoms with van der Waals surface area (Å²) in [6, 6.07) is 0. The molecule has 0 spiro atoms. The molecule has 0 unspecified atom stereocenters. The molecule has 0 aliphatic carbocycles. The molecule has 0 aromatic carbocycles. The van der Waals surface area contributed by atoms with Crippen LogP contribution < -0.4 is 0 Å². The van der Waals surface area contributed by atoms with Crippen LogP contribution in [-0.2, 0) is 0 Å². The molecular formula is C15H31S. The second-order valence-corrected chi connectivity index (χ2v) is 5.73. The number of rotatable bonds is 13. The van der Waals surface area contributed by atoms with Crippen LogP contribution in [0.2, 0.25) is 0 Å². The van der Waals surface area contributed by atoms with E-state index in [9.17, 15) is 0 Å². The summed E-state index contributed by atoms with van der Waals surface area (Å²) in [6.07, 6.45) is 15.5. The van der Waals surface area contributed by atoms with Gasteiger partial charge in [-0.2, -0.15) is 11.8 Å². The highest BCUT2D eigenvalue weighted by Gasteiger charge is 1.93. The summed E-state index contributed by atoms with van der Waals surface area (Å²) < 4.78 is 0. The summed E-state index contributed by atoms with van der Waals surface area (Å²) >= 11 is 2.04. The van der Waals surface area contributed by atoms with Crippen molar-refractivity contribution in [1.82, 2.24) is 0 Å². The van der Waals surface area contributed by atoms with Crippen LogP contribution >= 0.6 is 11.8 Å². The van der Waals surface area contributed by atoms with Gasteiger partial charge in [0.1, 0.15) is 0 Å². The van der Waals surface area contributed by atoms with Crippen LogP contribution in [0.3, 0.4) is 0 Å². The quantitative estimate of drug-likeness (QED) is 0.346. The first kappa shape index (κ1) is 16.4. The molecule has 0 heterocycles. The normalized spacial score (nSPS) is 10.9. The second-order valence-electron chi connectivity index (χ2n) is 4.65. The lowest BCUT2D eigenvalue weighted by Gasteiger charge is -2.02. The number of thioether (sulfide) groups is 1. The minimum absolute atomic E-state index is 1.32. The van der Waals surface area contributed by atoms with Crippen molar-refractivity contribution in [2.75, 3.05) is 5.75 Å². The molecule has 0 nitrogen and oxygen atoms in total. The van der Waals surface area contributed by atoms with Crippen molar-refractivity contribution >= 4 is 11.8 Å². The van der Waals surface area contributed by atoms with Crippen molar-refractivity contribution in [3.8, 4) is 0 Å². The van der Waals surface area contributed by atoms with E-state index in [0.717, 1.165) is 0 Å².